The Morgan fingerprint density at radius 2 is 2.13 bits per heavy atom. The van der Waals surface area contributed by atoms with Gasteiger partial charge in [-0.05, 0) is 6.92 Å². The van der Waals surface area contributed by atoms with Crippen molar-refractivity contribution in [3.8, 4) is 0 Å². The summed E-state index contributed by atoms with van der Waals surface area (Å²) >= 11 is 0.937. The van der Waals surface area contributed by atoms with Crippen LogP contribution in [0, 0.1) is 6.92 Å². The van der Waals surface area contributed by atoms with Crippen LogP contribution in [0.25, 0.3) is 0 Å². The molecule has 1 fully saturated rings. The number of aromatic nitrogens is 2. The summed E-state index contributed by atoms with van der Waals surface area (Å²) < 4.78 is 3.85. The Morgan fingerprint density at radius 1 is 1.40 bits per heavy atom. The van der Waals surface area contributed by atoms with Gasteiger partial charge in [-0.1, -0.05) is 0 Å². The number of nitrogens with one attached hydrogen (secondary N) is 1. The van der Waals surface area contributed by atoms with E-state index in [0.29, 0.717) is 5.82 Å². The third-order valence-electron chi connectivity index (χ3n) is 1.72. The van der Waals surface area contributed by atoms with Gasteiger partial charge in [-0.15, -0.1) is 0 Å². The molecular weight excluding hydrogens is 220 g/mol. The highest BCUT2D eigenvalue weighted by molar-refractivity contribution is 7.10. The first-order chi connectivity index (χ1) is 7.08. The molecule has 15 heavy (non-hydrogen) atoms. The maximum absolute atomic E-state index is 11.4. The molecule has 0 spiro atoms. The number of nitrogens with zero attached hydrogens (tertiary/aromatic N) is 3. The first-order valence-corrected chi connectivity index (χ1v) is 4.82. The van der Waals surface area contributed by atoms with Gasteiger partial charge in [0.25, 0.3) is 0 Å². The van der Waals surface area contributed by atoms with E-state index >= 15 is 0 Å². The lowest BCUT2D eigenvalue weighted by atomic mass is 10.3. The van der Waals surface area contributed by atoms with Crippen molar-refractivity contribution < 1.29 is 14.4 Å². The molecule has 2 heterocycles. The van der Waals surface area contributed by atoms with Crippen LogP contribution in [0.15, 0.2) is 0 Å². The number of amides is 4. The number of barbiturate groups is 1. The minimum absolute atomic E-state index is 0.183. The van der Waals surface area contributed by atoms with Crippen molar-refractivity contribution in [3.63, 3.8) is 0 Å². The number of urea groups is 1. The number of aryl methyl sites for hydroxylation is 1. The molecule has 1 aromatic heterocycles. The number of imide groups is 2. The third kappa shape index (κ3) is 1.71. The summed E-state index contributed by atoms with van der Waals surface area (Å²) in [6, 6.07) is -0.771. The van der Waals surface area contributed by atoms with Crippen LogP contribution < -0.4 is 10.2 Å². The lowest BCUT2D eigenvalue weighted by molar-refractivity contribution is -0.128. The zero-order valence-electron chi connectivity index (χ0n) is 7.68. The van der Waals surface area contributed by atoms with Crippen molar-refractivity contribution >= 4 is 34.5 Å². The second-order valence-corrected chi connectivity index (χ2v) is 3.61. The van der Waals surface area contributed by atoms with Crippen LogP contribution in [0.1, 0.15) is 12.2 Å². The van der Waals surface area contributed by atoms with Gasteiger partial charge in [0.1, 0.15) is 12.2 Å². The van der Waals surface area contributed by atoms with E-state index in [4.69, 9.17) is 0 Å². The summed E-state index contributed by atoms with van der Waals surface area (Å²) in [5.74, 6) is -0.699. The summed E-state index contributed by atoms with van der Waals surface area (Å²) in [6.45, 7) is 1.65. The van der Waals surface area contributed by atoms with Crippen molar-refractivity contribution in [1.29, 1.82) is 0 Å². The smallest absolute Gasteiger partial charge is 0.277 e. The van der Waals surface area contributed by atoms with Gasteiger partial charge >= 0.3 is 6.03 Å². The van der Waals surface area contributed by atoms with E-state index in [0.717, 1.165) is 16.4 Å². The maximum atomic E-state index is 11.4. The van der Waals surface area contributed by atoms with E-state index in [1.165, 1.54) is 0 Å². The molecule has 1 aliphatic heterocycles. The Kier molecular flexibility index (Phi) is 2.19. The van der Waals surface area contributed by atoms with Gasteiger partial charge in [0, 0.05) is 11.5 Å². The lowest BCUT2D eigenvalue weighted by Gasteiger charge is -2.21. The fourth-order valence-electron chi connectivity index (χ4n) is 1.12. The molecule has 0 aliphatic carbocycles. The number of carbonyl (C=O) groups excluding carboxylic acids is 3. The minimum atomic E-state index is -0.771. The molecule has 0 saturated carbocycles. The van der Waals surface area contributed by atoms with Crippen LogP contribution >= 0.6 is 11.5 Å². The highest BCUT2D eigenvalue weighted by Gasteiger charge is 2.34. The highest BCUT2D eigenvalue weighted by Crippen LogP contribution is 2.19. The van der Waals surface area contributed by atoms with Gasteiger partial charge < -0.3 is 0 Å². The van der Waals surface area contributed by atoms with Crippen molar-refractivity contribution in [3.05, 3.63) is 5.82 Å². The second-order valence-electron chi connectivity index (χ2n) is 2.88. The summed E-state index contributed by atoms with van der Waals surface area (Å²) in [5, 5.41) is 2.22. The molecular formula is C7H6N4O3S. The first kappa shape index (κ1) is 9.71. The molecule has 4 amide bonds. The van der Waals surface area contributed by atoms with Gasteiger partial charge in [-0.3, -0.25) is 14.9 Å². The zero-order valence-corrected chi connectivity index (χ0v) is 8.50. The van der Waals surface area contributed by atoms with Crippen LogP contribution in [-0.2, 0) is 9.59 Å². The Morgan fingerprint density at radius 3 is 2.67 bits per heavy atom. The van der Waals surface area contributed by atoms with E-state index in [1.807, 2.05) is 5.32 Å². The normalized spacial score (nSPS) is 16.9. The highest BCUT2D eigenvalue weighted by atomic mass is 32.1. The number of hydrogen-bond donors (Lipinski definition) is 1. The number of hydrogen-bond acceptors (Lipinski definition) is 6. The van der Waals surface area contributed by atoms with Crippen molar-refractivity contribution in [1.82, 2.24) is 14.7 Å². The minimum Gasteiger partial charge on any atom is -0.277 e. The predicted octanol–water partition coefficient (Wildman–Crippen LogP) is -0.181. The fraction of sp³-hybridized carbons (Fsp3) is 0.286. The summed E-state index contributed by atoms with van der Waals surface area (Å²) in [7, 11) is 0. The Hall–Kier alpha value is -1.83. The van der Waals surface area contributed by atoms with Crippen LogP contribution in [0.4, 0.5) is 9.93 Å². The standard InChI is InChI=1S/C7H6N4O3S/c1-3-8-7(15-10-3)11-5(13)2-4(12)9-6(11)14/h2H2,1H3,(H,9,12,14). The molecule has 0 atom stereocenters. The Balaban J connectivity index is 2.32. The predicted molar refractivity (Wildman–Crippen MR) is 50.3 cm³/mol. The Bertz CT molecular complexity index is 435. The molecule has 8 heteroatoms. The number of anilines is 1. The molecule has 7 nitrogen and oxygen atoms in total. The molecule has 1 aliphatic rings. The molecule has 78 valence electrons. The van der Waals surface area contributed by atoms with Gasteiger partial charge in [-0.2, -0.15) is 4.37 Å². The average molecular weight is 226 g/mol. The number of carbonyl (C=O) groups is 3. The van der Waals surface area contributed by atoms with Crippen molar-refractivity contribution in [2.24, 2.45) is 0 Å². The number of rotatable bonds is 1. The quantitative estimate of drug-likeness (QED) is 0.670. The van der Waals surface area contributed by atoms with Crippen LogP contribution in [0.3, 0.4) is 0 Å². The zero-order chi connectivity index (χ0) is 11.0. The molecule has 0 radical (unpaired) electrons. The van der Waals surface area contributed by atoms with Gasteiger partial charge in [0.05, 0.1) is 0 Å². The van der Waals surface area contributed by atoms with Gasteiger partial charge in [-0.25, -0.2) is 14.7 Å². The monoisotopic (exact) mass is 226 g/mol. The van der Waals surface area contributed by atoms with Gasteiger partial charge in [0.2, 0.25) is 16.9 Å². The van der Waals surface area contributed by atoms with E-state index in [-0.39, 0.29) is 11.6 Å². The van der Waals surface area contributed by atoms with Crippen LogP contribution in [-0.4, -0.2) is 27.2 Å². The largest absolute Gasteiger partial charge is 0.337 e. The molecule has 2 rings (SSSR count). The SMILES string of the molecule is Cc1nsc(N2C(=O)CC(=O)NC2=O)n1. The molecule has 1 N–H and O–H groups in total. The molecule has 1 saturated heterocycles. The second kappa shape index (κ2) is 3.39. The maximum Gasteiger partial charge on any atom is 0.337 e. The van der Waals surface area contributed by atoms with Crippen LogP contribution in [0.5, 0.6) is 0 Å². The summed E-state index contributed by atoms with van der Waals surface area (Å²) in [4.78, 5) is 38.3. The molecule has 1 aromatic rings. The van der Waals surface area contributed by atoms with E-state index in [9.17, 15) is 14.4 Å². The molecule has 0 unspecified atom stereocenters. The summed E-state index contributed by atoms with van der Waals surface area (Å²) in [6.07, 6.45) is -0.343. The average Bonchev–Trinajstić information content (AvgIpc) is 2.49. The summed E-state index contributed by atoms with van der Waals surface area (Å²) in [5.41, 5.74) is 0. The van der Waals surface area contributed by atoms with Crippen molar-refractivity contribution in [2.75, 3.05) is 4.90 Å². The van der Waals surface area contributed by atoms with Gasteiger partial charge in [0.15, 0.2) is 0 Å². The molecule has 0 bridgehead atoms. The Labute approximate surface area is 88.3 Å². The molecule has 0 aromatic carbocycles. The van der Waals surface area contributed by atoms with E-state index < -0.39 is 17.8 Å². The first-order valence-electron chi connectivity index (χ1n) is 4.05. The van der Waals surface area contributed by atoms with E-state index in [2.05, 4.69) is 9.36 Å². The topological polar surface area (TPSA) is 92.3 Å². The fourth-order valence-corrected chi connectivity index (χ4v) is 1.81. The van der Waals surface area contributed by atoms with Crippen molar-refractivity contribution in [2.45, 2.75) is 13.3 Å². The lowest BCUT2D eigenvalue weighted by Crippen LogP contribution is -2.52. The van der Waals surface area contributed by atoms with Crippen LogP contribution in [0.2, 0.25) is 0 Å². The van der Waals surface area contributed by atoms with E-state index in [1.54, 1.807) is 6.92 Å². The third-order valence-corrected chi connectivity index (χ3v) is 2.51.